The number of hydrogen-bond donors (Lipinski definition) is 0. The van der Waals surface area contributed by atoms with Gasteiger partial charge < -0.3 is 0 Å². The molecule has 0 unspecified atom stereocenters. The maximum atomic E-state index is 13.3. The first-order valence-electron chi connectivity index (χ1n) is 8.60. The van der Waals surface area contributed by atoms with Crippen LogP contribution in [0, 0.1) is 0 Å². The van der Waals surface area contributed by atoms with Crippen LogP contribution < -0.4 is 0 Å². The molecule has 3 aromatic carbocycles. The molecular weight excluding hydrogens is 363 g/mol. The lowest BCUT2D eigenvalue weighted by Crippen LogP contribution is -2.08. The quantitative estimate of drug-likeness (QED) is 0.401. The summed E-state index contributed by atoms with van der Waals surface area (Å²) in [4.78, 5) is 17.8. The van der Waals surface area contributed by atoms with Crippen LogP contribution in [-0.4, -0.2) is 10.8 Å². The third kappa shape index (κ3) is 3.27. The molecule has 0 atom stereocenters. The second kappa shape index (κ2) is 6.93. The van der Waals surface area contributed by atoms with Gasteiger partial charge in [-0.2, -0.15) is 13.2 Å². The molecule has 0 aliphatic carbocycles. The fourth-order valence-electron chi connectivity index (χ4n) is 3.16. The second-order valence-electron chi connectivity index (χ2n) is 6.34. The first-order valence-corrected chi connectivity index (χ1v) is 8.60. The first-order chi connectivity index (χ1) is 13.4. The molecule has 1 aromatic heterocycles. The number of hydrogen-bond acceptors (Lipinski definition) is 2. The Bertz CT molecular complexity index is 1150. The third-order valence-corrected chi connectivity index (χ3v) is 4.55. The summed E-state index contributed by atoms with van der Waals surface area (Å²) >= 11 is 0. The first kappa shape index (κ1) is 17.9. The molecule has 0 aliphatic heterocycles. The van der Waals surface area contributed by atoms with E-state index in [1.807, 2.05) is 54.6 Å². The number of nitrogens with zero attached hydrogens (tertiary/aromatic N) is 1. The second-order valence-corrected chi connectivity index (χ2v) is 6.34. The number of alkyl halides is 3. The van der Waals surface area contributed by atoms with Crippen LogP contribution in [0.4, 0.5) is 13.2 Å². The number of benzene rings is 3. The van der Waals surface area contributed by atoms with Gasteiger partial charge in [-0.25, -0.2) is 0 Å². The van der Waals surface area contributed by atoms with Gasteiger partial charge in [0.2, 0.25) is 0 Å². The summed E-state index contributed by atoms with van der Waals surface area (Å²) in [5, 5.41) is 1.50. The zero-order valence-electron chi connectivity index (χ0n) is 14.6. The predicted octanol–water partition coefficient (Wildman–Crippen LogP) is 6.15. The molecule has 0 fully saturated rings. The lowest BCUT2D eigenvalue weighted by atomic mass is 9.93. The van der Waals surface area contributed by atoms with E-state index < -0.39 is 11.7 Å². The summed E-state index contributed by atoms with van der Waals surface area (Å²) in [6.45, 7) is 0. The molecule has 4 aromatic rings. The van der Waals surface area contributed by atoms with E-state index >= 15 is 0 Å². The molecular formula is C23H14F3NO. The van der Waals surface area contributed by atoms with Crippen LogP contribution >= 0.6 is 0 Å². The molecule has 2 nitrogen and oxygen atoms in total. The van der Waals surface area contributed by atoms with Crippen molar-refractivity contribution in [1.29, 1.82) is 0 Å². The van der Waals surface area contributed by atoms with Crippen molar-refractivity contribution >= 4 is 16.6 Å². The van der Waals surface area contributed by atoms with Crippen molar-refractivity contribution in [1.82, 2.24) is 4.98 Å². The van der Waals surface area contributed by atoms with Gasteiger partial charge in [0, 0.05) is 22.7 Å². The van der Waals surface area contributed by atoms with Crippen LogP contribution in [0.25, 0.3) is 22.0 Å². The van der Waals surface area contributed by atoms with E-state index in [9.17, 15) is 18.0 Å². The van der Waals surface area contributed by atoms with Crippen LogP contribution in [0.1, 0.15) is 21.5 Å². The lowest BCUT2D eigenvalue weighted by Gasteiger charge is -2.13. The Balaban J connectivity index is 1.90. The Morgan fingerprint density at radius 1 is 0.786 bits per heavy atom. The monoisotopic (exact) mass is 377 g/mol. The Morgan fingerprint density at radius 3 is 2.11 bits per heavy atom. The van der Waals surface area contributed by atoms with Gasteiger partial charge in [-0.1, -0.05) is 66.7 Å². The molecule has 28 heavy (non-hydrogen) atoms. The van der Waals surface area contributed by atoms with Gasteiger partial charge in [-0.15, -0.1) is 0 Å². The highest BCUT2D eigenvalue weighted by Crippen LogP contribution is 2.32. The van der Waals surface area contributed by atoms with Gasteiger partial charge in [0.05, 0.1) is 16.8 Å². The highest BCUT2D eigenvalue weighted by molar-refractivity contribution is 6.19. The van der Waals surface area contributed by atoms with E-state index in [1.54, 1.807) is 6.20 Å². The van der Waals surface area contributed by atoms with Gasteiger partial charge in [-0.05, 0) is 17.5 Å². The highest BCUT2D eigenvalue weighted by Gasteiger charge is 2.30. The van der Waals surface area contributed by atoms with E-state index in [0.717, 1.165) is 23.1 Å². The highest BCUT2D eigenvalue weighted by atomic mass is 19.4. The van der Waals surface area contributed by atoms with Gasteiger partial charge in [0.25, 0.3) is 0 Å². The van der Waals surface area contributed by atoms with Crippen molar-refractivity contribution in [3.8, 4) is 11.3 Å². The molecule has 0 radical (unpaired) electrons. The summed E-state index contributed by atoms with van der Waals surface area (Å²) in [6, 6.07) is 20.9. The molecule has 0 N–H and O–H groups in total. The number of carbonyl (C=O) groups excluding carboxylic acids is 1. The molecule has 138 valence electrons. The topological polar surface area (TPSA) is 30.0 Å². The van der Waals surface area contributed by atoms with Crippen molar-refractivity contribution in [2.75, 3.05) is 0 Å². The summed E-state index contributed by atoms with van der Waals surface area (Å²) in [5.41, 5.74) is 1.04. The van der Waals surface area contributed by atoms with Gasteiger partial charge >= 0.3 is 6.18 Å². The van der Waals surface area contributed by atoms with E-state index in [-0.39, 0.29) is 11.3 Å². The van der Waals surface area contributed by atoms with E-state index in [4.69, 9.17) is 0 Å². The van der Waals surface area contributed by atoms with Gasteiger partial charge in [0.15, 0.2) is 5.78 Å². The standard InChI is InChI=1S/C23H14F3NO/c24-23(25,26)18-12-10-16(11-13-18)22(28)20-19-9-5-4-8-17(19)14-27-21(20)15-6-2-1-3-7-15/h1-14H. The summed E-state index contributed by atoms with van der Waals surface area (Å²) in [6.07, 6.45) is -2.75. The van der Waals surface area contributed by atoms with Crippen molar-refractivity contribution in [3.63, 3.8) is 0 Å². The van der Waals surface area contributed by atoms with Crippen molar-refractivity contribution < 1.29 is 18.0 Å². The van der Waals surface area contributed by atoms with E-state index in [0.29, 0.717) is 16.6 Å². The van der Waals surface area contributed by atoms with Crippen LogP contribution in [-0.2, 0) is 6.18 Å². The van der Waals surface area contributed by atoms with Crippen molar-refractivity contribution in [2.24, 2.45) is 0 Å². The number of halogens is 3. The molecule has 0 aliphatic rings. The van der Waals surface area contributed by atoms with Gasteiger partial charge in [-0.3, -0.25) is 9.78 Å². The number of fused-ring (bicyclic) bond motifs is 1. The average Bonchev–Trinajstić information content (AvgIpc) is 2.72. The summed E-state index contributed by atoms with van der Waals surface area (Å²) in [5.74, 6) is -0.364. The largest absolute Gasteiger partial charge is 0.416 e. The number of aromatic nitrogens is 1. The minimum Gasteiger partial charge on any atom is -0.289 e. The molecule has 0 amide bonds. The molecule has 0 bridgehead atoms. The molecule has 5 heteroatoms. The third-order valence-electron chi connectivity index (χ3n) is 4.55. The fraction of sp³-hybridized carbons (Fsp3) is 0.0435. The zero-order valence-corrected chi connectivity index (χ0v) is 14.6. The molecule has 4 rings (SSSR count). The summed E-state index contributed by atoms with van der Waals surface area (Å²) < 4.78 is 38.5. The normalized spacial score (nSPS) is 11.5. The van der Waals surface area contributed by atoms with Crippen LogP contribution in [0.15, 0.2) is 85.1 Å². The molecule has 0 saturated carbocycles. The number of carbonyl (C=O) groups is 1. The van der Waals surface area contributed by atoms with E-state index in [2.05, 4.69) is 4.98 Å². The Morgan fingerprint density at radius 2 is 1.43 bits per heavy atom. The fourth-order valence-corrected chi connectivity index (χ4v) is 3.16. The van der Waals surface area contributed by atoms with Crippen LogP contribution in [0.5, 0.6) is 0 Å². The SMILES string of the molecule is O=C(c1ccc(C(F)(F)F)cc1)c1c(-c2ccccc2)ncc2ccccc12. The summed E-state index contributed by atoms with van der Waals surface area (Å²) in [7, 11) is 0. The Labute approximate surface area is 159 Å². The lowest BCUT2D eigenvalue weighted by molar-refractivity contribution is -0.137. The Hall–Kier alpha value is -3.47. The van der Waals surface area contributed by atoms with E-state index in [1.165, 1.54) is 12.1 Å². The minimum absolute atomic E-state index is 0.184. The van der Waals surface area contributed by atoms with Gasteiger partial charge in [0.1, 0.15) is 0 Å². The zero-order chi connectivity index (χ0) is 19.7. The number of pyridine rings is 1. The van der Waals surface area contributed by atoms with Crippen LogP contribution in [0.2, 0.25) is 0 Å². The number of ketones is 1. The molecule has 1 heterocycles. The maximum Gasteiger partial charge on any atom is 0.416 e. The van der Waals surface area contributed by atoms with Crippen molar-refractivity contribution in [2.45, 2.75) is 6.18 Å². The molecule has 0 spiro atoms. The predicted molar refractivity (Wildman–Crippen MR) is 102 cm³/mol. The van der Waals surface area contributed by atoms with Crippen molar-refractivity contribution in [3.05, 3.63) is 102 Å². The Kier molecular flexibility index (Phi) is 4.43. The smallest absolute Gasteiger partial charge is 0.289 e. The molecule has 0 saturated heterocycles. The minimum atomic E-state index is -4.45. The van der Waals surface area contributed by atoms with Crippen LogP contribution in [0.3, 0.4) is 0 Å². The number of rotatable bonds is 3. The maximum absolute atomic E-state index is 13.3. The average molecular weight is 377 g/mol.